The summed E-state index contributed by atoms with van der Waals surface area (Å²) >= 11 is 3.37. The number of hydrogen-bond acceptors (Lipinski definition) is 3. The molecule has 1 aliphatic rings. The van der Waals surface area contributed by atoms with Crippen LogP contribution in [0.4, 0.5) is 5.69 Å². The van der Waals surface area contributed by atoms with Gasteiger partial charge in [-0.05, 0) is 49.6 Å². The summed E-state index contributed by atoms with van der Waals surface area (Å²) in [4.78, 5) is 30.8. The molecule has 0 unspecified atom stereocenters. The fourth-order valence-electron chi connectivity index (χ4n) is 2.73. The van der Waals surface area contributed by atoms with Gasteiger partial charge in [-0.15, -0.1) is 0 Å². The Balaban J connectivity index is 1.74. The zero-order valence-electron chi connectivity index (χ0n) is 13.2. The van der Waals surface area contributed by atoms with Gasteiger partial charge in [0.2, 0.25) is 0 Å². The second-order valence-corrected chi connectivity index (χ2v) is 6.66. The average molecular weight is 388 g/mol. The number of nitrogens with one attached hydrogen (secondary N) is 1. The Morgan fingerprint density at radius 3 is 2.62 bits per heavy atom. The zero-order chi connectivity index (χ0) is 16.9. The lowest BCUT2D eigenvalue weighted by atomic mass is 10.1. The van der Waals surface area contributed by atoms with Crippen molar-refractivity contribution in [2.45, 2.75) is 19.3 Å². The molecule has 2 aromatic rings. The summed E-state index contributed by atoms with van der Waals surface area (Å²) in [5.74, 6) is -0.366. The van der Waals surface area contributed by atoms with Gasteiger partial charge < -0.3 is 10.2 Å². The Bertz CT molecular complexity index is 757. The minimum absolute atomic E-state index is 0.0337. The van der Waals surface area contributed by atoms with Crippen molar-refractivity contribution < 1.29 is 9.59 Å². The van der Waals surface area contributed by atoms with Crippen LogP contribution in [0.1, 0.15) is 40.1 Å². The van der Waals surface area contributed by atoms with Gasteiger partial charge in [0.25, 0.3) is 11.8 Å². The van der Waals surface area contributed by atoms with Crippen molar-refractivity contribution in [1.29, 1.82) is 0 Å². The smallest absolute Gasteiger partial charge is 0.274 e. The number of hydrogen-bond donors (Lipinski definition) is 1. The van der Waals surface area contributed by atoms with Gasteiger partial charge in [-0.2, -0.15) is 0 Å². The number of benzene rings is 1. The average Bonchev–Trinajstić information content (AvgIpc) is 2.62. The van der Waals surface area contributed by atoms with Crippen LogP contribution < -0.4 is 5.32 Å². The van der Waals surface area contributed by atoms with E-state index >= 15 is 0 Å². The Kier molecular flexibility index (Phi) is 5.25. The summed E-state index contributed by atoms with van der Waals surface area (Å²) in [6.07, 6.45) is 4.74. The van der Waals surface area contributed by atoms with Gasteiger partial charge in [-0.25, -0.2) is 0 Å². The SMILES string of the molecule is O=C(Nc1cccc(Br)c1)c1cc(C(=O)N2CCCCC2)ccn1. The van der Waals surface area contributed by atoms with E-state index in [1.807, 2.05) is 17.0 Å². The fraction of sp³-hybridized carbons (Fsp3) is 0.278. The van der Waals surface area contributed by atoms with E-state index in [-0.39, 0.29) is 17.5 Å². The highest BCUT2D eigenvalue weighted by Crippen LogP contribution is 2.17. The van der Waals surface area contributed by atoms with E-state index in [0.29, 0.717) is 11.3 Å². The van der Waals surface area contributed by atoms with E-state index in [0.717, 1.165) is 30.4 Å². The Morgan fingerprint density at radius 1 is 1.08 bits per heavy atom. The van der Waals surface area contributed by atoms with Crippen LogP contribution in [0.5, 0.6) is 0 Å². The molecule has 24 heavy (non-hydrogen) atoms. The van der Waals surface area contributed by atoms with E-state index in [4.69, 9.17) is 0 Å². The summed E-state index contributed by atoms with van der Waals surface area (Å²) in [6, 6.07) is 10.5. The third-order valence-corrected chi connectivity index (χ3v) is 4.46. The summed E-state index contributed by atoms with van der Waals surface area (Å²) in [7, 11) is 0. The van der Waals surface area contributed by atoms with Gasteiger partial charge in [-0.3, -0.25) is 14.6 Å². The lowest BCUT2D eigenvalue weighted by Crippen LogP contribution is -2.35. The zero-order valence-corrected chi connectivity index (χ0v) is 14.8. The molecule has 5 nitrogen and oxygen atoms in total. The monoisotopic (exact) mass is 387 g/mol. The molecular weight excluding hydrogens is 370 g/mol. The van der Waals surface area contributed by atoms with Gasteiger partial charge in [0.1, 0.15) is 5.69 Å². The summed E-state index contributed by atoms with van der Waals surface area (Å²) in [5, 5.41) is 2.79. The molecule has 124 valence electrons. The third-order valence-electron chi connectivity index (χ3n) is 3.97. The standard InChI is InChI=1S/C18H18BrN3O2/c19-14-5-4-6-15(12-14)21-17(23)16-11-13(7-8-20-16)18(24)22-9-2-1-3-10-22/h4-8,11-12H,1-3,9-10H2,(H,21,23). The maximum Gasteiger partial charge on any atom is 0.274 e. The maximum absolute atomic E-state index is 12.5. The van der Waals surface area contributed by atoms with Gasteiger partial charge >= 0.3 is 0 Å². The van der Waals surface area contributed by atoms with Crippen molar-refractivity contribution in [2.75, 3.05) is 18.4 Å². The van der Waals surface area contributed by atoms with Crippen molar-refractivity contribution in [3.05, 3.63) is 58.3 Å². The van der Waals surface area contributed by atoms with Crippen LogP contribution in [-0.4, -0.2) is 34.8 Å². The number of amides is 2. The van der Waals surface area contributed by atoms with Crippen molar-refractivity contribution in [3.8, 4) is 0 Å². The first-order valence-corrected chi connectivity index (χ1v) is 8.75. The summed E-state index contributed by atoms with van der Waals surface area (Å²) < 4.78 is 0.877. The Hall–Kier alpha value is -2.21. The van der Waals surface area contributed by atoms with Gasteiger partial charge in [0.05, 0.1) is 0 Å². The molecule has 0 spiro atoms. The molecule has 2 amide bonds. The predicted octanol–water partition coefficient (Wildman–Crippen LogP) is 3.72. The van der Waals surface area contributed by atoms with Crippen LogP contribution in [0.2, 0.25) is 0 Å². The van der Waals surface area contributed by atoms with Gasteiger partial charge in [0.15, 0.2) is 0 Å². The molecule has 0 atom stereocenters. The molecule has 1 N–H and O–H groups in total. The van der Waals surface area contributed by atoms with Crippen molar-refractivity contribution in [1.82, 2.24) is 9.88 Å². The van der Waals surface area contributed by atoms with Crippen LogP contribution in [-0.2, 0) is 0 Å². The minimum Gasteiger partial charge on any atom is -0.339 e. The molecule has 3 rings (SSSR count). The molecule has 0 bridgehead atoms. The molecule has 1 saturated heterocycles. The minimum atomic E-state index is -0.332. The van der Waals surface area contributed by atoms with E-state index in [9.17, 15) is 9.59 Å². The molecule has 0 aliphatic carbocycles. The molecule has 1 aromatic carbocycles. The topological polar surface area (TPSA) is 62.3 Å². The molecule has 0 radical (unpaired) electrons. The quantitative estimate of drug-likeness (QED) is 0.872. The lowest BCUT2D eigenvalue weighted by molar-refractivity contribution is 0.0724. The number of carbonyl (C=O) groups excluding carboxylic acids is 2. The summed E-state index contributed by atoms with van der Waals surface area (Å²) in [5.41, 5.74) is 1.41. The predicted molar refractivity (Wildman–Crippen MR) is 96.1 cm³/mol. The van der Waals surface area contributed by atoms with Gasteiger partial charge in [-0.1, -0.05) is 22.0 Å². The lowest BCUT2D eigenvalue weighted by Gasteiger charge is -2.26. The second-order valence-electron chi connectivity index (χ2n) is 5.75. The Labute approximate surface area is 149 Å². The third kappa shape index (κ3) is 4.00. The number of aromatic nitrogens is 1. The summed E-state index contributed by atoms with van der Waals surface area (Å²) in [6.45, 7) is 1.56. The van der Waals surface area contributed by atoms with Crippen LogP contribution in [0.15, 0.2) is 47.1 Å². The van der Waals surface area contributed by atoms with Crippen molar-refractivity contribution >= 4 is 33.4 Å². The number of piperidine rings is 1. The van der Waals surface area contributed by atoms with Crippen molar-refractivity contribution in [3.63, 3.8) is 0 Å². The molecule has 1 aliphatic heterocycles. The van der Waals surface area contributed by atoms with E-state index < -0.39 is 0 Å². The molecule has 2 heterocycles. The van der Waals surface area contributed by atoms with E-state index in [1.165, 1.54) is 12.6 Å². The number of pyridine rings is 1. The molecular formula is C18H18BrN3O2. The van der Waals surface area contributed by atoms with Crippen LogP contribution in [0.3, 0.4) is 0 Å². The molecule has 0 saturated carbocycles. The van der Waals surface area contributed by atoms with Crippen LogP contribution in [0.25, 0.3) is 0 Å². The molecule has 1 fully saturated rings. The highest BCUT2D eigenvalue weighted by molar-refractivity contribution is 9.10. The maximum atomic E-state index is 12.5. The van der Waals surface area contributed by atoms with Crippen LogP contribution >= 0.6 is 15.9 Å². The first kappa shape index (κ1) is 16.6. The van der Waals surface area contributed by atoms with Crippen molar-refractivity contribution in [2.24, 2.45) is 0 Å². The molecule has 6 heteroatoms. The Morgan fingerprint density at radius 2 is 1.88 bits per heavy atom. The normalized spacial score (nSPS) is 14.3. The first-order valence-electron chi connectivity index (χ1n) is 7.96. The fourth-order valence-corrected chi connectivity index (χ4v) is 3.13. The molecule has 1 aromatic heterocycles. The number of halogens is 1. The van der Waals surface area contributed by atoms with Gasteiger partial charge in [0, 0.05) is 35.0 Å². The second kappa shape index (κ2) is 7.57. The highest BCUT2D eigenvalue weighted by Gasteiger charge is 2.19. The number of nitrogens with zero attached hydrogens (tertiary/aromatic N) is 2. The van der Waals surface area contributed by atoms with E-state index in [1.54, 1.807) is 24.3 Å². The number of likely N-dealkylation sites (tertiary alicyclic amines) is 1. The van der Waals surface area contributed by atoms with Crippen LogP contribution in [0, 0.1) is 0 Å². The first-order chi connectivity index (χ1) is 11.6. The van der Waals surface area contributed by atoms with E-state index in [2.05, 4.69) is 26.2 Å². The number of carbonyl (C=O) groups is 2. The number of rotatable bonds is 3. The largest absolute Gasteiger partial charge is 0.339 e. The highest BCUT2D eigenvalue weighted by atomic mass is 79.9. The number of anilines is 1.